The van der Waals surface area contributed by atoms with Crippen LogP contribution >= 0.6 is 0 Å². The Bertz CT molecular complexity index is 810. The van der Waals surface area contributed by atoms with Crippen LogP contribution in [-0.2, 0) is 9.84 Å². The van der Waals surface area contributed by atoms with E-state index in [1.807, 2.05) is 39.8 Å². The van der Waals surface area contributed by atoms with Gasteiger partial charge < -0.3 is 0 Å². The Morgan fingerprint density at radius 3 is 1.86 bits per heavy atom. The van der Waals surface area contributed by atoms with Gasteiger partial charge in [0, 0.05) is 10.8 Å². The second-order valence-corrected chi connectivity index (χ2v) is 7.00. The summed E-state index contributed by atoms with van der Waals surface area (Å²) in [6, 6.07) is 10.8. The van der Waals surface area contributed by atoms with Crippen molar-refractivity contribution in [2.75, 3.05) is 0 Å². The van der Waals surface area contributed by atoms with Gasteiger partial charge in [-0.25, -0.2) is 8.42 Å². The van der Waals surface area contributed by atoms with Crippen LogP contribution in [0.2, 0.25) is 0 Å². The molecule has 0 fully saturated rings. The lowest BCUT2D eigenvalue weighted by atomic mass is 10.0. The molecule has 0 aliphatic rings. The van der Waals surface area contributed by atoms with E-state index in [-0.39, 0.29) is 4.90 Å². The van der Waals surface area contributed by atoms with Crippen LogP contribution in [0.1, 0.15) is 27.8 Å². The molecule has 0 saturated heterocycles. The third-order valence-corrected chi connectivity index (χ3v) is 4.58. The molecular formula is C18H18O2S. The van der Waals surface area contributed by atoms with Crippen LogP contribution in [-0.4, -0.2) is 8.42 Å². The normalized spacial score (nSPS) is 10.9. The van der Waals surface area contributed by atoms with E-state index in [1.54, 1.807) is 24.3 Å². The van der Waals surface area contributed by atoms with Crippen LogP contribution in [0.25, 0.3) is 0 Å². The van der Waals surface area contributed by atoms with Gasteiger partial charge in [-0.3, -0.25) is 0 Å². The maximum absolute atomic E-state index is 12.2. The molecule has 2 aromatic carbocycles. The van der Waals surface area contributed by atoms with E-state index < -0.39 is 9.84 Å². The highest BCUT2D eigenvalue weighted by Gasteiger charge is 2.10. The summed E-state index contributed by atoms with van der Waals surface area (Å²) in [6.07, 6.45) is 0. The second-order valence-electron chi connectivity index (χ2n) is 5.32. The number of hydrogen-bond acceptors (Lipinski definition) is 2. The molecule has 0 spiro atoms. The summed E-state index contributed by atoms with van der Waals surface area (Å²) in [6.45, 7) is 7.83. The van der Waals surface area contributed by atoms with Crippen molar-refractivity contribution in [3.63, 3.8) is 0 Å². The molecule has 0 N–H and O–H groups in total. The van der Waals surface area contributed by atoms with Crippen molar-refractivity contribution < 1.29 is 8.42 Å². The first-order valence-electron chi connectivity index (χ1n) is 6.72. The van der Waals surface area contributed by atoms with Crippen LogP contribution in [0.5, 0.6) is 0 Å². The number of hydrogen-bond donors (Lipinski definition) is 0. The van der Waals surface area contributed by atoms with Crippen molar-refractivity contribution in [2.45, 2.75) is 32.6 Å². The SMILES string of the molecule is Cc1ccc(S(=O)(=O)C#Cc2c(C)cc(C)cc2C)cc1. The summed E-state index contributed by atoms with van der Waals surface area (Å²) < 4.78 is 24.5. The summed E-state index contributed by atoms with van der Waals surface area (Å²) in [5.41, 5.74) is 4.96. The Balaban J connectivity index is 2.45. The lowest BCUT2D eigenvalue weighted by molar-refractivity contribution is 0.606. The minimum atomic E-state index is -3.58. The lowest BCUT2D eigenvalue weighted by Crippen LogP contribution is -1.97. The molecule has 2 aromatic rings. The fourth-order valence-electron chi connectivity index (χ4n) is 2.27. The molecule has 0 saturated carbocycles. The monoisotopic (exact) mass is 298 g/mol. The van der Waals surface area contributed by atoms with Gasteiger partial charge in [-0.15, -0.1) is 0 Å². The third-order valence-electron chi connectivity index (χ3n) is 3.32. The molecular weight excluding hydrogens is 280 g/mol. The number of rotatable bonds is 1. The molecule has 21 heavy (non-hydrogen) atoms. The summed E-state index contributed by atoms with van der Waals surface area (Å²) in [5, 5.41) is 2.43. The van der Waals surface area contributed by atoms with E-state index in [1.165, 1.54) is 0 Å². The Labute approximate surface area is 126 Å². The molecule has 0 heterocycles. The summed E-state index contributed by atoms with van der Waals surface area (Å²) >= 11 is 0. The van der Waals surface area contributed by atoms with E-state index in [4.69, 9.17) is 0 Å². The average Bonchev–Trinajstić information content (AvgIpc) is 2.37. The van der Waals surface area contributed by atoms with Crippen molar-refractivity contribution in [1.82, 2.24) is 0 Å². The van der Waals surface area contributed by atoms with Crippen LogP contribution < -0.4 is 0 Å². The Kier molecular flexibility index (Phi) is 4.20. The molecule has 0 aliphatic heterocycles. The average molecular weight is 298 g/mol. The minimum Gasteiger partial charge on any atom is -0.210 e. The van der Waals surface area contributed by atoms with Crippen LogP contribution in [0.4, 0.5) is 0 Å². The fourth-order valence-corrected chi connectivity index (χ4v) is 3.12. The number of sulfone groups is 1. The molecule has 2 nitrogen and oxygen atoms in total. The Morgan fingerprint density at radius 2 is 1.33 bits per heavy atom. The smallest absolute Gasteiger partial charge is 0.210 e. The first kappa shape index (κ1) is 15.3. The molecule has 108 valence electrons. The van der Waals surface area contributed by atoms with Crippen LogP contribution in [0.3, 0.4) is 0 Å². The highest BCUT2D eigenvalue weighted by molar-refractivity contribution is 7.96. The highest BCUT2D eigenvalue weighted by atomic mass is 32.2. The summed E-state index contributed by atoms with van der Waals surface area (Å²) in [5.74, 6) is 2.82. The fraction of sp³-hybridized carbons (Fsp3) is 0.222. The van der Waals surface area contributed by atoms with E-state index in [0.717, 1.165) is 27.8 Å². The molecule has 0 atom stereocenters. The van der Waals surface area contributed by atoms with Gasteiger partial charge in [-0.05, 0) is 56.9 Å². The van der Waals surface area contributed by atoms with Crippen LogP contribution in [0.15, 0.2) is 41.3 Å². The number of aryl methyl sites for hydroxylation is 4. The lowest BCUT2D eigenvalue weighted by Gasteiger charge is -2.04. The van der Waals surface area contributed by atoms with Gasteiger partial charge in [0.05, 0.1) is 4.90 Å². The molecule has 0 amide bonds. The Morgan fingerprint density at radius 1 is 0.810 bits per heavy atom. The second kappa shape index (κ2) is 5.75. The van der Waals surface area contributed by atoms with Gasteiger partial charge in [0.1, 0.15) is 0 Å². The Hall–Kier alpha value is -2.05. The van der Waals surface area contributed by atoms with Gasteiger partial charge >= 0.3 is 0 Å². The minimum absolute atomic E-state index is 0.239. The quantitative estimate of drug-likeness (QED) is 0.752. The first-order chi connectivity index (χ1) is 9.79. The van der Waals surface area contributed by atoms with E-state index in [2.05, 4.69) is 11.2 Å². The molecule has 0 aliphatic carbocycles. The predicted octanol–water partition coefficient (Wildman–Crippen LogP) is 3.70. The maximum atomic E-state index is 12.2. The zero-order chi connectivity index (χ0) is 15.6. The summed E-state index contributed by atoms with van der Waals surface area (Å²) in [7, 11) is -3.58. The van der Waals surface area contributed by atoms with Crippen molar-refractivity contribution >= 4 is 9.84 Å². The molecule has 0 radical (unpaired) electrons. The molecule has 0 aromatic heterocycles. The largest absolute Gasteiger partial charge is 0.245 e. The standard InChI is InChI=1S/C18H18O2S/c1-13-5-7-17(8-6-13)21(19,20)10-9-18-15(3)11-14(2)12-16(18)4/h5-8,11-12H,1-4H3. The zero-order valence-corrected chi connectivity index (χ0v) is 13.5. The van der Waals surface area contributed by atoms with Gasteiger partial charge in [-0.1, -0.05) is 35.4 Å². The molecule has 0 unspecified atom stereocenters. The van der Waals surface area contributed by atoms with Gasteiger partial charge in [0.15, 0.2) is 0 Å². The van der Waals surface area contributed by atoms with Gasteiger partial charge in [-0.2, -0.15) is 0 Å². The topological polar surface area (TPSA) is 34.1 Å². The highest BCUT2D eigenvalue weighted by Crippen LogP contribution is 2.16. The molecule has 3 heteroatoms. The van der Waals surface area contributed by atoms with E-state index >= 15 is 0 Å². The van der Waals surface area contributed by atoms with E-state index in [9.17, 15) is 8.42 Å². The van der Waals surface area contributed by atoms with Gasteiger partial charge in [0.25, 0.3) is 0 Å². The predicted molar refractivity (Wildman–Crippen MR) is 85.9 cm³/mol. The van der Waals surface area contributed by atoms with Crippen molar-refractivity contribution in [3.8, 4) is 11.2 Å². The maximum Gasteiger partial charge on any atom is 0.245 e. The van der Waals surface area contributed by atoms with Gasteiger partial charge in [0.2, 0.25) is 9.84 Å². The van der Waals surface area contributed by atoms with Crippen molar-refractivity contribution in [3.05, 3.63) is 64.2 Å². The number of benzene rings is 2. The van der Waals surface area contributed by atoms with Crippen LogP contribution in [0, 0.1) is 38.9 Å². The third kappa shape index (κ3) is 3.53. The van der Waals surface area contributed by atoms with E-state index in [0.29, 0.717) is 0 Å². The first-order valence-corrected chi connectivity index (χ1v) is 8.20. The zero-order valence-electron chi connectivity index (χ0n) is 12.7. The molecule has 0 bridgehead atoms. The summed E-state index contributed by atoms with van der Waals surface area (Å²) in [4.78, 5) is 0.239. The molecule has 2 rings (SSSR count). The van der Waals surface area contributed by atoms with Crippen molar-refractivity contribution in [2.24, 2.45) is 0 Å². The van der Waals surface area contributed by atoms with Crippen molar-refractivity contribution in [1.29, 1.82) is 0 Å².